The first-order valence-corrected chi connectivity index (χ1v) is 10.5. The van der Waals surface area contributed by atoms with E-state index >= 15 is 4.39 Å². The van der Waals surface area contributed by atoms with Crippen LogP contribution in [0, 0.1) is 5.82 Å². The first kappa shape index (κ1) is 17.1. The van der Waals surface area contributed by atoms with E-state index in [1.165, 1.54) is 19.3 Å². The molecule has 5 rings (SSSR count). The Morgan fingerprint density at radius 1 is 1.22 bits per heavy atom. The molecule has 0 saturated heterocycles. The van der Waals surface area contributed by atoms with Crippen molar-refractivity contribution >= 4 is 5.69 Å². The molecule has 2 saturated carbocycles. The van der Waals surface area contributed by atoms with Gasteiger partial charge >= 0.3 is 0 Å². The van der Waals surface area contributed by atoms with Gasteiger partial charge in [0.25, 0.3) is 0 Å². The van der Waals surface area contributed by atoms with E-state index in [-0.39, 0.29) is 11.9 Å². The van der Waals surface area contributed by atoms with Crippen LogP contribution < -0.4 is 9.64 Å². The Kier molecular flexibility index (Phi) is 4.14. The number of rotatable bonds is 5. The van der Waals surface area contributed by atoms with E-state index in [4.69, 9.17) is 4.74 Å². The van der Waals surface area contributed by atoms with Gasteiger partial charge in [-0.1, -0.05) is 0 Å². The molecule has 0 bridgehead atoms. The van der Waals surface area contributed by atoms with Crippen LogP contribution >= 0.6 is 0 Å². The Morgan fingerprint density at radius 2 is 2.04 bits per heavy atom. The summed E-state index contributed by atoms with van der Waals surface area (Å²) in [5, 5.41) is 4.52. The minimum absolute atomic E-state index is 0.131. The minimum Gasteiger partial charge on any atom is -0.489 e. The largest absolute Gasteiger partial charge is 0.489 e. The molecule has 3 aliphatic rings. The molecule has 5 heteroatoms. The maximum atomic E-state index is 15.3. The van der Waals surface area contributed by atoms with Crippen LogP contribution in [0.3, 0.4) is 0 Å². The predicted molar refractivity (Wildman–Crippen MR) is 105 cm³/mol. The van der Waals surface area contributed by atoms with Gasteiger partial charge in [0, 0.05) is 35.5 Å². The van der Waals surface area contributed by atoms with Gasteiger partial charge in [0.2, 0.25) is 0 Å². The van der Waals surface area contributed by atoms with Crippen molar-refractivity contribution in [1.29, 1.82) is 0 Å². The number of halogens is 1. The lowest BCUT2D eigenvalue weighted by Gasteiger charge is -2.38. The third kappa shape index (κ3) is 2.91. The van der Waals surface area contributed by atoms with Crippen molar-refractivity contribution in [3.8, 4) is 16.9 Å². The maximum Gasteiger partial charge on any atom is 0.147 e. The van der Waals surface area contributed by atoms with Gasteiger partial charge in [-0.2, -0.15) is 5.10 Å². The third-order valence-electron chi connectivity index (χ3n) is 6.44. The van der Waals surface area contributed by atoms with Crippen molar-refractivity contribution in [2.24, 2.45) is 0 Å². The normalized spacial score (nSPS) is 22.5. The van der Waals surface area contributed by atoms with Gasteiger partial charge < -0.3 is 9.64 Å². The Balaban J connectivity index is 1.63. The topological polar surface area (TPSA) is 30.3 Å². The highest BCUT2D eigenvalue weighted by Gasteiger charge is 2.32. The van der Waals surface area contributed by atoms with Crippen LogP contribution in [0.25, 0.3) is 11.1 Å². The Labute approximate surface area is 160 Å². The SMILES string of the molecule is CCN1c2c(F)cc(-c3cnn(C4CC4)c3)c(OC3CCC3)c2CC[C@@H]1C. The molecule has 27 heavy (non-hydrogen) atoms. The first-order chi connectivity index (χ1) is 13.2. The van der Waals surface area contributed by atoms with Gasteiger partial charge in [0.15, 0.2) is 0 Å². The van der Waals surface area contributed by atoms with E-state index in [2.05, 4.69) is 30.0 Å². The minimum atomic E-state index is -0.131. The van der Waals surface area contributed by atoms with E-state index < -0.39 is 0 Å². The predicted octanol–water partition coefficient (Wildman–Crippen LogP) is 5.12. The second-order valence-electron chi connectivity index (χ2n) is 8.35. The van der Waals surface area contributed by atoms with Gasteiger partial charge in [-0.25, -0.2) is 4.39 Å². The van der Waals surface area contributed by atoms with Crippen LogP contribution in [-0.2, 0) is 6.42 Å². The molecule has 2 fully saturated rings. The quantitative estimate of drug-likeness (QED) is 0.733. The summed E-state index contributed by atoms with van der Waals surface area (Å²) in [5.74, 6) is 0.769. The number of ether oxygens (including phenoxy) is 1. The fraction of sp³-hybridized carbons (Fsp3) is 0.591. The number of nitrogens with zero attached hydrogens (tertiary/aromatic N) is 3. The zero-order valence-corrected chi connectivity index (χ0v) is 16.2. The standard InChI is InChI=1S/C22H28FN3O/c1-3-25-14(2)7-10-18-21(25)20(23)11-19(22(18)27-17-5-4-6-17)15-12-24-26(13-15)16-8-9-16/h11-14,16-17H,3-10H2,1-2H3/t14-/m0/s1. The molecule has 0 amide bonds. The highest BCUT2D eigenvalue weighted by Crippen LogP contribution is 2.46. The van der Waals surface area contributed by atoms with E-state index in [9.17, 15) is 0 Å². The molecule has 0 unspecified atom stereocenters. The molecule has 0 N–H and O–H groups in total. The van der Waals surface area contributed by atoms with Crippen molar-refractivity contribution in [3.05, 3.63) is 29.8 Å². The lowest BCUT2D eigenvalue weighted by atomic mass is 9.91. The Hall–Kier alpha value is -2.04. The Bertz CT molecular complexity index is 853. The third-order valence-corrected chi connectivity index (χ3v) is 6.44. The van der Waals surface area contributed by atoms with Crippen LogP contribution in [0.1, 0.15) is 64.0 Å². The number of hydrogen-bond donors (Lipinski definition) is 0. The molecule has 1 aromatic carbocycles. The monoisotopic (exact) mass is 369 g/mol. The Morgan fingerprint density at radius 3 is 2.70 bits per heavy atom. The van der Waals surface area contributed by atoms with Crippen molar-refractivity contribution < 1.29 is 9.13 Å². The molecule has 144 valence electrons. The number of aromatic nitrogens is 2. The van der Waals surface area contributed by atoms with Gasteiger partial charge in [0.1, 0.15) is 11.6 Å². The van der Waals surface area contributed by atoms with Gasteiger partial charge in [-0.3, -0.25) is 4.68 Å². The van der Waals surface area contributed by atoms with Crippen molar-refractivity contribution in [1.82, 2.24) is 9.78 Å². The summed E-state index contributed by atoms with van der Waals surface area (Å²) in [7, 11) is 0. The summed E-state index contributed by atoms with van der Waals surface area (Å²) in [6.45, 7) is 5.10. The summed E-state index contributed by atoms with van der Waals surface area (Å²) >= 11 is 0. The van der Waals surface area contributed by atoms with E-state index in [0.717, 1.165) is 60.4 Å². The fourth-order valence-corrected chi connectivity index (χ4v) is 4.44. The maximum absolute atomic E-state index is 15.3. The zero-order valence-electron chi connectivity index (χ0n) is 16.2. The first-order valence-electron chi connectivity index (χ1n) is 10.5. The molecule has 2 aromatic rings. The van der Waals surface area contributed by atoms with Crippen molar-refractivity contribution in [3.63, 3.8) is 0 Å². The van der Waals surface area contributed by atoms with Crippen LogP contribution in [-0.4, -0.2) is 28.5 Å². The fourth-order valence-electron chi connectivity index (χ4n) is 4.44. The molecular weight excluding hydrogens is 341 g/mol. The van der Waals surface area contributed by atoms with Crippen molar-refractivity contribution in [2.45, 2.75) is 77.0 Å². The van der Waals surface area contributed by atoms with Crippen molar-refractivity contribution in [2.75, 3.05) is 11.4 Å². The molecule has 0 spiro atoms. The highest BCUT2D eigenvalue weighted by atomic mass is 19.1. The van der Waals surface area contributed by atoms with E-state index in [1.54, 1.807) is 6.07 Å². The summed E-state index contributed by atoms with van der Waals surface area (Å²) in [6.07, 6.45) is 11.9. The van der Waals surface area contributed by atoms with E-state index in [1.807, 2.05) is 10.9 Å². The molecule has 1 atom stereocenters. The second kappa shape index (κ2) is 6.54. The van der Waals surface area contributed by atoms with Crippen LogP contribution in [0.2, 0.25) is 0 Å². The highest BCUT2D eigenvalue weighted by molar-refractivity contribution is 5.78. The van der Waals surface area contributed by atoms with Gasteiger partial charge in [-0.15, -0.1) is 0 Å². The van der Waals surface area contributed by atoms with Crippen LogP contribution in [0.5, 0.6) is 5.75 Å². The van der Waals surface area contributed by atoms with Crippen LogP contribution in [0.15, 0.2) is 18.5 Å². The lowest BCUT2D eigenvalue weighted by molar-refractivity contribution is 0.119. The smallest absolute Gasteiger partial charge is 0.147 e. The van der Waals surface area contributed by atoms with Gasteiger partial charge in [-0.05, 0) is 64.9 Å². The van der Waals surface area contributed by atoms with E-state index in [0.29, 0.717) is 12.1 Å². The zero-order chi connectivity index (χ0) is 18.5. The summed E-state index contributed by atoms with van der Waals surface area (Å²) < 4.78 is 23.8. The van der Waals surface area contributed by atoms with Gasteiger partial charge in [0.05, 0.1) is 24.0 Å². The number of fused-ring (bicyclic) bond motifs is 1. The summed E-state index contributed by atoms with van der Waals surface area (Å²) in [4.78, 5) is 2.19. The molecule has 2 aliphatic carbocycles. The average molecular weight is 369 g/mol. The molecule has 2 heterocycles. The molecule has 0 radical (unpaired) electrons. The number of benzene rings is 1. The number of hydrogen-bond acceptors (Lipinski definition) is 3. The molecule has 1 aromatic heterocycles. The number of anilines is 1. The van der Waals surface area contributed by atoms with Crippen LogP contribution in [0.4, 0.5) is 10.1 Å². The summed E-state index contributed by atoms with van der Waals surface area (Å²) in [6, 6.07) is 2.56. The summed E-state index contributed by atoms with van der Waals surface area (Å²) in [5.41, 5.74) is 3.65. The second-order valence-corrected chi connectivity index (χ2v) is 8.35. The average Bonchev–Trinajstić information content (AvgIpc) is 3.36. The molecule has 4 nitrogen and oxygen atoms in total. The molecule has 1 aliphatic heterocycles. The molecular formula is C22H28FN3O. The lowest BCUT2D eigenvalue weighted by Crippen LogP contribution is -2.38.